The monoisotopic (exact) mass is 310 g/mol. The van der Waals surface area contributed by atoms with Crippen molar-refractivity contribution >= 4 is 6.03 Å². The molecular formula is C14H26N6O2. The van der Waals surface area contributed by atoms with Gasteiger partial charge in [-0.05, 0) is 13.0 Å². The molecule has 1 aromatic heterocycles. The predicted octanol–water partition coefficient (Wildman–Crippen LogP) is 0.577. The number of carbonyl (C=O) groups excluding carboxylic acids is 1. The summed E-state index contributed by atoms with van der Waals surface area (Å²) in [6.07, 6.45) is 0.963. The molecule has 0 aliphatic carbocycles. The number of H-pyrrole nitrogens is 1. The molecule has 2 amide bonds. The zero-order valence-corrected chi connectivity index (χ0v) is 13.6. The van der Waals surface area contributed by atoms with Crippen LogP contribution in [0.15, 0.2) is 0 Å². The zero-order chi connectivity index (χ0) is 15.9. The molecule has 1 aliphatic heterocycles. The largest absolute Gasteiger partial charge is 0.377 e. The smallest absolute Gasteiger partial charge is 0.318 e. The number of nitrogens with zero attached hydrogens (tertiary/aromatic N) is 4. The van der Waals surface area contributed by atoms with Crippen molar-refractivity contribution in [2.75, 3.05) is 33.3 Å². The highest BCUT2D eigenvalue weighted by atomic mass is 16.5. The normalized spacial score (nSPS) is 19.4. The first-order valence-corrected chi connectivity index (χ1v) is 7.83. The number of urea groups is 1. The van der Waals surface area contributed by atoms with E-state index >= 15 is 0 Å². The van der Waals surface area contributed by atoms with Gasteiger partial charge in [-0.15, -0.1) is 0 Å². The SMILES string of the molecule is CCC1CN(CC)CCN1C(=O)NCc1nc(COC)n[nH]1. The van der Waals surface area contributed by atoms with Gasteiger partial charge in [-0.1, -0.05) is 13.8 Å². The lowest BCUT2D eigenvalue weighted by Crippen LogP contribution is -2.57. The van der Waals surface area contributed by atoms with Gasteiger partial charge in [0.05, 0.1) is 6.54 Å². The van der Waals surface area contributed by atoms with Crippen LogP contribution in [0.3, 0.4) is 0 Å². The van der Waals surface area contributed by atoms with Crippen LogP contribution in [0.2, 0.25) is 0 Å². The lowest BCUT2D eigenvalue weighted by molar-refractivity contribution is 0.0949. The minimum Gasteiger partial charge on any atom is -0.377 e. The van der Waals surface area contributed by atoms with Gasteiger partial charge in [-0.3, -0.25) is 10.00 Å². The topological polar surface area (TPSA) is 86.4 Å². The van der Waals surface area contributed by atoms with Gasteiger partial charge in [0.2, 0.25) is 0 Å². The third-order valence-electron chi connectivity index (χ3n) is 4.00. The van der Waals surface area contributed by atoms with Crippen molar-refractivity contribution in [3.63, 3.8) is 0 Å². The molecule has 1 atom stereocenters. The van der Waals surface area contributed by atoms with Gasteiger partial charge >= 0.3 is 6.03 Å². The molecule has 0 radical (unpaired) electrons. The first-order chi connectivity index (χ1) is 10.7. The Labute approximate surface area is 131 Å². The summed E-state index contributed by atoms with van der Waals surface area (Å²) < 4.78 is 4.97. The van der Waals surface area contributed by atoms with E-state index in [1.807, 2.05) is 4.90 Å². The number of carbonyl (C=O) groups is 1. The molecule has 1 unspecified atom stereocenters. The Morgan fingerprint density at radius 1 is 1.45 bits per heavy atom. The summed E-state index contributed by atoms with van der Waals surface area (Å²) in [7, 11) is 1.60. The Kier molecular flexibility index (Phi) is 6.14. The molecule has 0 bridgehead atoms. The lowest BCUT2D eigenvalue weighted by Gasteiger charge is -2.40. The molecule has 8 nitrogen and oxygen atoms in total. The van der Waals surface area contributed by atoms with E-state index < -0.39 is 0 Å². The van der Waals surface area contributed by atoms with E-state index in [-0.39, 0.29) is 12.1 Å². The highest BCUT2D eigenvalue weighted by molar-refractivity contribution is 5.74. The molecule has 0 aromatic carbocycles. The van der Waals surface area contributed by atoms with Crippen LogP contribution in [0, 0.1) is 0 Å². The van der Waals surface area contributed by atoms with Crippen molar-refractivity contribution in [2.45, 2.75) is 39.5 Å². The maximum Gasteiger partial charge on any atom is 0.318 e. The maximum absolute atomic E-state index is 12.4. The molecule has 0 saturated carbocycles. The van der Waals surface area contributed by atoms with Crippen molar-refractivity contribution in [3.8, 4) is 0 Å². The lowest BCUT2D eigenvalue weighted by atomic mass is 10.1. The van der Waals surface area contributed by atoms with E-state index in [0.29, 0.717) is 24.8 Å². The molecule has 2 rings (SSSR count). The average Bonchev–Trinajstić information content (AvgIpc) is 3.00. The summed E-state index contributed by atoms with van der Waals surface area (Å²) in [5.74, 6) is 1.23. The fourth-order valence-electron chi connectivity index (χ4n) is 2.69. The van der Waals surface area contributed by atoms with Crippen LogP contribution in [0.25, 0.3) is 0 Å². The van der Waals surface area contributed by atoms with Gasteiger partial charge in [0.25, 0.3) is 0 Å². The second-order valence-corrected chi connectivity index (χ2v) is 5.44. The summed E-state index contributed by atoms with van der Waals surface area (Å²) >= 11 is 0. The number of piperazine rings is 1. The van der Waals surface area contributed by atoms with E-state index in [0.717, 1.165) is 32.6 Å². The minimum absolute atomic E-state index is 0.0349. The number of aromatic nitrogens is 3. The number of methoxy groups -OCH3 is 1. The molecule has 1 fully saturated rings. The summed E-state index contributed by atoms with van der Waals surface area (Å²) in [4.78, 5) is 20.9. The molecule has 1 saturated heterocycles. The van der Waals surface area contributed by atoms with Gasteiger partial charge in [-0.25, -0.2) is 9.78 Å². The molecule has 124 valence electrons. The molecule has 0 spiro atoms. The maximum atomic E-state index is 12.4. The van der Waals surface area contributed by atoms with Crippen LogP contribution in [0.4, 0.5) is 4.79 Å². The van der Waals surface area contributed by atoms with Crippen LogP contribution in [0.5, 0.6) is 0 Å². The van der Waals surface area contributed by atoms with Crippen molar-refractivity contribution < 1.29 is 9.53 Å². The number of hydrogen-bond acceptors (Lipinski definition) is 5. The second kappa shape index (κ2) is 8.09. The highest BCUT2D eigenvalue weighted by Crippen LogP contribution is 2.12. The second-order valence-electron chi connectivity index (χ2n) is 5.44. The number of rotatable bonds is 6. The number of amides is 2. The van der Waals surface area contributed by atoms with Crippen LogP contribution in [0.1, 0.15) is 31.9 Å². The third-order valence-corrected chi connectivity index (χ3v) is 4.00. The van der Waals surface area contributed by atoms with Crippen molar-refractivity contribution in [1.29, 1.82) is 0 Å². The summed E-state index contributed by atoms with van der Waals surface area (Å²) in [5.41, 5.74) is 0. The molecule has 22 heavy (non-hydrogen) atoms. The van der Waals surface area contributed by atoms with Gasteiger partial charge in [0, 0.05) is 32.8 Å². The average molecular weight is 310 g/mol. The standard InChI is InChI=1S/C14H26N6O2/c1-4-11-9-19(5-2)6-7-20(11)14(21)15-8-12-16-13(10-22-3)18-17-12/h11H,4-10H2,1-3H3,(H,15,21)(H,16,17,18). The van der Waals surface area contributed by atoms with Crippen LogP contribution in [-0.4, -0.2) is 70.3 Å². The fourth-order valence-corrected chi connectivity index (χ4v) is 2.69. The number of aromatic amines is 1. The molecule has 8 heteroatoms. The quantitative estimate of drug-likeness (QED) is 0.802. The highest BCUT2D eigenvalue weighted by Gasteiger charge is 2.28. The summed E-state index contributed by atoms with van der Waals surface area (Å²) in [5, 5.41) is 9.74. The van der Waals surface area contributed by atoms with Gasteiger partial charge in [0.15, 0.2) is 5.82 Å². The van der Waals surface area contributed by atoms with Gasteiger partial charge in [0.1, 0.15) is 12.4 Å². The van der Waals surface area contributed by atoms with Crippen LogP contribution < -0.4 is 5.32 Å². The van der Waals surface area contributed by atoms with Crippen molar-refractivity contribution in [2.24, 2.45) is 0 Å². The first-order valence-electron chi connectivity index (χ1n) is 7.83. The van der Waals surface area contributed by atoms with Crippen molar-refractivity contribution in [3.05, 3.63) is 11.6 Å². The van der Waals surface area contributed by atoms with E-state index in [9.17, 15) is 4.79 Å². The van der Waals surface area contributed by atoms with Crippen LogP contribution in [-0.2, 0) is 17.9 Å². The number of nitrogens with one attached hydrogen (secondary N) is 2. The van der Waals surface area contributed by atoms with E-state index in [2.05, 4.69) is 39.2 Å². The minimum atomic E-state index is -0.0349. The zero-order valence-electron chi connectivity index (χ0n) is 13.6. The Hall–Kier alpha value is -1.67. The molecular weight excluding hydrogens is 284 g/mol. The Bertz CT molecular complexity index is 478. The molecule has 2 heterocycles. The number of likely N-dealkylation sites (N-methyl/N-ethyl adjacent to an activating group) is 1. The number of hydrogen-bond donors (Lipinski definition) is 2. The summed E-state index contributed by atoms with van der Waals surface area (Å²) in [6.45, 7) is 8.67. The van der Waals surface area contributed by atoms with E-state index in [4.69, 9.17) is 4.74 Å². The number of ether oxygens (including phenoxy) is 1. The molecule has 1 aromatic rings. The van der Waals surface area contributed by atoms with E-state index in [1.165, 1.54) is 0 Å². The van der Waals surface area contributed by atoms with E-state index in [1.54, 1.807) is 7.11 Å². The fraction of sp³-hybridized carbons (Fsp3) is 0.786. The van der Waals surface area contributed by atoms with Gasteiger partial charge < -0.3 is 15.0 Å². The predicted molar refractivity (Wildman–Crippen MR) is 82.2 cm³/mol. The molecule has 2 N–H and O–H groups in total. The summed E-state index contributed by atoms with van der Waals surface area (Å²) in [6, 6.07) is 0.236. The Morgan fingerprint density at radius 3 is 2.95 bits per heavy atom. The third kappa shape index (κ3) is 4.17. The Balaban J connectivity index is 1.85. The molecule has 1 aliphatic rings. The Morgan fingerprint density at radius 2 is 2.27 bits per heavy atom. The van der Waals surface area contributed by atoms with Gasteiger partial charge in [-0.2, -0.15) is 5.10 Å². The van der Waals surface area contributed by atoms with Crippen molar-refractivity contribution in [1.82, 2.24) is 30.3 Å². The van der Waals surface area contributed by atoms with Crippen LogP contribution >= 0.6 is 0 Å². The first kappa shape index (κ1) is 16.7.